The molecule has 4 heteroatoms. The third-order valence-electron chi connectivity index (χ3n) is 4.01. The minimum absolute atomic E-state index is 0.741. The van der Waals surface area contributed by atoms with E-state index in [2.05, 4.69) is 11.8 Å². The summed E-state index contributed by atoms with van der Waals surface area (Å²) in [5.74, 6) is 0. The average Bonchev–Trinajstić information content (AvgIpc) is 2.61. The van der Waals surface area contributed by atoms with E-state index in [0.29, 0.717) is 0 Å². The molecular formula is C20H21NO2S. The molecule has 1 aliphatic heterocycles. The number of nitrogens with zero attached hydrogens (tertiary/aromatic N) is 1. The maximum Gasteiger partial charge on any atom is 0.197 e. The summed E-state index contributed by atoms with van der Waals surface area (Å²) in [7, 11) is -3.40. The van der Waals surface area contributed by atoms with Gasteiger partial charge in [0.25, 0.3) is 0 Å². The molecule has 0 bridgehead atoms. The van der Waals surface area contributed by atoms with Crippen molar-refractivity contribution in [1.29, 1.82) is 0 Å². The molecule has 124 valence electrons. The Hall–Kier alpha value is -2.33. The van der Waals surface area contributed by atoms with Crippen LogP contribution in [0.4, 0.5) is 0 Å². The van der Waals surface area contributed by atoms with E-state index in [1.165, 1.54) is 10.8 Å². The number of hydrogen-bond donors (Lipinski definition) is 0. The molecule has 0 spiro atoms. The minimum Gasteiger partial charge on any atom is -0.339 e. The third kappa shape index (κ3) is 3.60. The zero-order valence-corrected chi connectivity index (χ0v) is 14.5. The van der Waals surface area contributed by atoms with Crippen molar-refractivity contribution < 1.29 is 8.42 Å². The lowest BCUT2D eigenvalue weighted by atomic mass is 10.1. The summed E-state index contributed by atoms with van der Waals surface area (Å²) in [6.07, 6.45) is 2.04. The van der Waals surface area contributed by atoms with Gasteiger partial charge < -0.3 is 4.90 Å². The van der Waals surface area contributed by atoms with E-state index in [1.807, 2.05) is 60.7 Å². The Bertz CT molecular complexity index is 790. The average molecular weight is 339 g/mol. The first-order valence-electron chi connectivity index (χ1n) is 8.17. The van der Waals surface area contributed by atoms with E-state index in [9.17, 15) is 8.42 Å². The highest BCUT2D eigenvalue weighted by molar-refractivity contribution is 7.97. The van der Waals surface area contributed by atoms with Crippen molar-refractivity contribution >= 4 is 21.2 Å². The molecule has 0 radical (unpaired) electrons. The van der Waals surface area contributed by atoms with Gasteiger partial charge >= 0.3 is 0 Å². The number of unbranched alkanes of at least 4 members (excludes halogenated alkanes) is 1. The van der Waals surface area contributed by atoms with Gasteiger partial charge in [0.1, 0.15) is 0 Å². The lowest BCUT2D eigenvalue weighted by Crippen LogP contribution is -2.26. The number of hydrogen-bond acceptors (Lipinski definition) is 3. The van der Waals surface area contributed by atoms with Gasteiger partial charge in [0.15, 0.2) is 9.84 Å². The summed E-state index contributed by atoms with van der Waals surface area (Å²) in [6.45, 7) is 2.92. The van der Waals surface area contributed by atoms with E-state index in [0.717, 1.165) is 41.9 Å². The van der Waals surface area contributed by atoms with Crippen LogP contribution in [0.15, 0.2) is 71.5 Å². The normalized spacial score (nSPS) is 16.5. The van der Waals surface area contributed by atoms with Gasteiger partial charge in [-0.3, -0.25) is 0 Å². The van der Waals surface area contributed by atoms with E-state index < -0.39 is 9.84 Å². The lowest BCUT2D eigenvalue weighted by molar-refractivity contribution is 0.524. The van der Waals surface area contributed by atoms with Crippen LogP contribution >= 0.6 is 0 Å². The first-order chi connectivity index (χ1) is 11.6. The predicted molar refractivity (Wildman–Crippen MR) is 99.4 cm³/mol. The maximum atomic E-state index is 12.5. The SMILES string of the molecule is CCCCN1C(c2ccccc2)=CS(=O)(=O)C=C1c1ccccc1. The Labute approximate surface area is 143 Å². The van der Waals surface area contributed by atoms with Gasteiger partial charge in [-0.1, -0.05) is 74.0 Å². The Kier molecular flexibility index (Phi) is 4.86. The maximum absolute atomic E-state index is 12.5. The second kappa shape index (κ2) is 7.05. The first kappa shape index (κ1) is 16.5. The third-order valence-corrected chi connectivity index (χ3v) is 5.11. The summed E-state index contributed by atoms with van der Waals surface area (Å²) in [5.41, 5.74) is 3.31. The van der Waals surface area contributed by atoms with Gasteiger partial charge in [0.05, 0.1) is 22.2 Å². The Balaban J connectivity index is 2.12. The Morgan fingerprint density at radius 1 is 0.792 bits per heavy atom. The predicted octanol–water partition coefficient (Wildman–Crippen LogP) is 4.51. The molecule has 2 aromatic rings. The van der Waals surface area contributed by atoms with Gasteiger partial charge in [0.2, 0.25) is 0 Å². The molecule has 0 fully saturated rings. The van der Waals surface area contributed by atoms with Crippen LogP contribution in [0.25, 0.3) is 11.4 Å². The van der Waals surface area contributed by atoms with Crippen LogP contribution in [0.1, 0.15) is 30.9 Å². The summed E-state index contributed by atoms with van der Waals surface area (Å²) in [4.78, 5) is 2.12. The standard InChI is InChI=1S/C20H21NO2S/c1-2-3-14-21-19(17-10-6-4-7-11-17)15-24(22,23)16-20(21)18-12-8-5-9-13-18/h4-13,15-16H,2-3,14H2,1H3. The summed E-state index contributed by atoms with van der Waals surface area (Å²) < 4.78 is 24.9. The molecular weight excluding hydrogens is 318 g/mol. The van der Waals surface area contributed by atoms with Crippen LogP contribution in [0.2, 0.25) is 0 Å². The second-order valence-corrected chi connectivity index (χ2v) is 7.48. The quantitative estimate of drug-likeness (QED) is 0.804. The minimum atomic E-state index is -3.40. The van der Waals surface area contributed by atoms with Crippen LogP contribution in [0.5, 0.6) is 0 Å². The van der Waals surface area contributed by atoms with Crippen LogP contribution < -0.4 is 0 Å². The van der Waals surface area contributed by atoms with Crippen molar-refractivity contribution in [3.05, 3.63) is 82.6 Å². The van der Waals surface area contributed by atoms with Crippen LogP contribution in [-0.2, 0) is 9.84 Å². The summed E-state index contributed by atoms with van der Waals surface area (Å²) >= 11 is 0. The number of sulfone groups is 1. The molecule has 3 rings (SSSR count). The molecule has 0 atom stereocenters. The van der Waals surface area contributed by atoms with Gasteiger partial charge in [-0.25, -0.2) is 8.42 Å². The highest BCUT2D eigenvalue weighted by Gasteiger charge is 2.25. The van der Waals surface area contributed by atoms with E-state index >= 15 is 0 Å². The zero-order chi connectivity index (χ0) is 17.0. The fraction of sp³-hybridized carbons (Fsp3) is 0.200. The summed E-state index contributed by atoms with van der Waals surface area (Å²) in [6, 6.07) is 19.4. The molecule has 3 nitrogen and oxygen atoms in total. The molecule has 0 N–H and O–H groups in total. The molecule has 0 aromatic heterocycles. The largest absolute Gasteiger partial charge is 0.339 e. The van der Waals surface area contributed by atoms with E-state index in [4.69, 9.17) is 0 Å². The van der Waals surface area contributed by atoms with Crippen molar-refractivity contribution in [1.82, 2.24) is 4.90 Å². The molecule has 0 aliphatic carbocycles. The molecule has 1 heterocycles. The summed E-state index contributed by atoms with van der Waals surface area (Å²) in [5, 5.41) is 2.76. The Morgan fingerprint density at radius 3 is 1.67 bits per heavy atom. The number of rotatable bonds is 5. The highest BCUT2D eigenvalue weighted by Crippen LogP contribution is 2.35. The van der Waals surface area contributed by atoms with Gasteiger partial charge in [0, 0.05) is 6.54 Å². The van der Waals surface area contributed by atoms with E-state index in [1.54, 1.807) is 0 Å². The highest BCUT2D eigenvalue weighted by atomic mass is 32.2. The molecule has 0 saturated heterocycles. The van der Waals surface area contributed by atoms with Gasteiger partial charge in [-0.2, -0.15) is 0 Å². The first-order valence-corrected chi connectivity index (χ1v) is 9.78. The molecule has 0 unspecified atom stereocenters. The molecule has 1 aliphatic rings. The van der Waals surface area contributed by atoms with Crippen LogP contribution in [0, 0.1) is 0 Å². The van der Waals surface area contributed by atoms with Crippen molar-refractivity contribution in [3.8, 4) is 0 Å². The van der Waals surface area contributed by atoms with Crippen molar-refractivity contribution in [2.75, 3.05) is 6.54 Å². The van der Waals surface area contributed by atoms with Crippen LogP contribution in [0.3, 0.4) is 0 Å². The lowest BCUT2D eigenvalue weighted by Gasteiger charge is -2.32. The topological polar surface area (TPSA) is 37.4 Å². The van der Waals surface area contributed by atoms with Crippen molar-refractivity contribution in [3.63, 3.8) is 0 Å². The smallest absolute Gasteiger partial charge is 0.197 e. The molecule has 2 aromatic carbocycles. The fourth-order valence-corrected chi connectivity index (χ4v) is 4.04. The van der Waals surface area contributed by atoms with Gasteiger partial charge in [-0.05, 0) is 17.5 Å². The monoisotopic (exact) mass is 339 g/mol. The Morgan fingerprint density at radius 2 is 1.25 bits per heavy atom. The molecule has 24 heavy (non-hydrogen) atoms. The molecule has 0 saturated carbocycles. The number of benzene rings is 2. The van der Waals surface area contributed by atoms with Crippen LogP contribution in [-0.4, -0.2) is 19.9 Å². The van der Waals surface area contributed by atoms with Gasteiger partial charge in [-0.15, -0.1) is 0 Å². The van der Waals surface area contributed by atoms with E-state index in [-0.39, 0.29) is 0 Å². The zero-order valence-electron chi connectivity index (χ0n) is 13.7. The van der Waals surface area contributed by atoms with Crippen molar-refractivity contribution in [2.45, 2.75) is 19.8 Å². The fourth-order valence-electron chi connectivity index (χ4n) is 2.82. The van der Waals surface area contributed by atoms with Crippen molar-refractivity contribution in [2.24, 2.45) is 0 Å². The second-order valence-electron chi connectivity index (χ2n) is 5.83. The molecule has 0 amide bonds.